The Bertz CT molecular complexity index is 2220. The van der Waals surface area contributed by atoms with Crippen molar-refractivity contribution < 1.29 is 0 Å². The number of hydrogen-bond acceptors (Lipinski definition) is 1. The number of aromatic nitrogens is 1. The van der Waals surface area contributed by atoms with Crippen molar-refractivity contribution in [3.8, 4) is 27.9 Å². The van der Waals surface area contributed by atoms with Crippen LogP contribution >= 0.6 is 0 Å². The van der Waals surface area contributed by atoms with Crippen LogP contribution in [0.15, 0.2) is 170 Å². The maximum atomic E-state index is 2.58. The van der Waals surface area contributed by atoms with Gasteiger partial charge in [0.1, 0.15) is 0 Å². The molecule has 0 bridgehead atoms. The highest BCUT2D eigenvalue weighted by molar-refractivity contribution is 6.15. The van der Waals surface area contributed by atoms with E-state index in [9.17, 15) is 0 Å². The lowest BCUT2D eigenvalue weighted by Crippen LogP contribution is -2.28. The molecule has 1 aromatic heterocycles. The molecule has 44 heavy (non-hydrogen) atoms. The van der Waals surface area contributed by atoms with Gasteiger partial charge in [-0.1, -0.05) is 146 Å². The molecule has 0 radical (unpaired) electrons. The van der Waals surface area contributed by atoms with Crippen LogP contribution in [-0.4, -0.2) is 10.6 Å². The first-order valence-corrected chi connectivity index (χ1v) is 15.4. The molecule has 0 fully saturated rings. The second kappa shape index (κ2) is 10.00. The summed E-state index contributed by atoms with van der Waals surface area (Å²) >= 11 is 0. The molecule has 2 atom stereocenters. The summed E-state index contributed by atoms with van der Waals surface area (Å²) in [5.41, 5.74) is 12.5. The minimum absolute atomic E-state index is 0.207. The number of benzene rings is 6. The quantitative estimate of drug-likeness (QED) is 0.207. The minimum Gasteiger partial charge on any atom is -0.332 e. The fourth-order valence-electron chi connectivity index (χ4n) is 7.38. The van der Waals surface area contributed by atoms with Gasteiger partial charge >= 0.3 is 0 Å². The molecule has 2 heterocycles. The van der Waals surface area contributed by atoms with Crippen LogP contribution in [0.3, 0.4) is 0 Å². The molecule has 2 nitrogen and oxygen atoms in total. The van der Waals surface area contributed by atoms with Gasteiger partial charge in [0.2, 0.25) is 0 Å². The fourth-order valence-corrected chi connectivity index (χ4v) is 7.38. The van der Waals surface area contributed by atoms with Gasteiger partial charge in [-0.3, -0.25) is 0 Å². The number of allylic oxidation sites excluding steroid dienone is 2. The molecule has 9 rings (SSSR count). The van der Waals surface area contributed by atoms with Crippen LogP contribution in [-0.2, 0) is 0 Å². The second-order valence-electron chi connectivity index (χ2n) is 11.7. The number of fused-ring (bicyclic) bond motifs is 7. The van der Waals surface area contributed by atoms with Crippen molar-refractivity contribution in [3.63, 3.8) is 0 Å². The van der Waals surface area contributed by atoms with Crippen molar-refractivity contribution in [2.45, 2.75) is 12.0 Å². The van der Waals surface area contributed by atoms with E-state index in [0.29, 0.717) is 0 Å². The molecule has 0 saturated heterocycles. The van der Waals surface area contributed by atoms with Crippen LogP contribution in [0.25, 0.3) is 49.7 Å². The van der Waals surface area contributed by atoms with E-state index in [4.69, 9.17) is 0 Å². The Labute approximate surface area is 257 Å². The summed E-state index contributed by atoms with van der Waals surface area (Å²) in [5, 5.41) is 2.55. The highest BCUT2D eigenvalue weighted by Crippen LogP contribution is 2.53. The van der Waals surface area contributed by atoms with E-state index in [-0.39, 0.29) is 12.0 Å². The van der Waals surface area contributed by atoms with Gasteiger partial charge in [-0.2, -0.15) is 0 Å². The summed E-state index contributed by atoms with van der Waals surface area (Å²) in [4.78, 5) is 2.58. The SMILES string of the molecule is C1=CC2c3ccc4c5ccccc5n(-c5ccccc5-c5ccccc5)c4c3N(c3ccc(-c4ccccc4)cc3)C2C=C1. The van der Waals surface area contributed by atoms with Gasteiger partial charge in [0, 0.05) is 27.9 Å². The molecule has 208 valence electrons. The smallest absolute Gasteiger partial charge is 0.0782 e. The highest BCUT2D eigenvalue weighted by Gasteiger charge is 2.40. The number of rotatable bonds is 4. The third-order valence-electron chi connectivity index (χ3n) is 9.33. The van der Waals surface area contributed by atoms with Crippen molar-refractivity contribution in [2.24, 2.45) is 0 Å². The topological polar surface area (TPSA) is 8.17 Å². The van der Waals surface area contributed by atoms with Crippen LogP contribution in [0.2, 0.25) is 0 Å². The third-order valence-corrected chi connectivity index (χ3v) is 9.33. The molecule has 2 aliphatic rings. The van der Waals surface area contributed by atoms with E-state index in [0.717, 1.165) is 0 Å². The van der Waals surface area contributed by atoms with E-state index in [1.165, 1.54) is 66.7 Å². The zero-order valence-electron chi connectivity index (χ0n) is 24.2. The Kier molecular flexibility index (Phi) is 5.67. The predicted octanol–water partition coefficient (Wildman–Crippen LogP) is 10.8. The second-order valence-corrected chi connectivity index (χ2v) is 11.7. The molecule has 2 unspecified atom stereocenters. The number of hydrogen-bond donors (Lipinski definition) is 0. The fraction of sp³-hybridized carbons (Fsp3) is 0.0476. The zero-order chi connectivity index (χ0) is 29.0. The standard InChI is InChI=1S/C42H30N2/c1-3-13-29(14-4-1)30-23-25-32(26-24-30)43-39-21-11-8-18-34(39)36-27-28-37-35-19-9-12-22-40(35)44(42(37)41(36)43)38-20-10-7-17-33(38)31-15-5-2-6-16-31/h1-28,34,39H. The molecule has 2 heteroatoms. The lowest BCUT2D eigenvalue weighted by Gasteiger charge is -2.29. The lowest BCUT2D eigenvalue weighted by molar-refractivity contribution is 0.745. The number of nitrogens with zero attached hydrogens (tertiary/aromatic N) is 2. The van der Waals surface area contributed by atoms with Crippen molar-refractivity contribution >= 4 is 33.2 Å². The maximum Gasteiger partial charge on any atom is 0.0782 e. The molecule has 1 aliphatic heterocycles. The van der Waals surface area contributed by atoms with E-state index >= 15 is 0 Å². The van der Waals surface area contributed by atoms with Crippen molar-refractivity contribution in [1.82, 2.24) is 4.57 Å². The van der Waals surface area contributed by atoms with E-state index in [1.54, 1.807) is 0 Å². The van der Waals surface area contributed by atoms with Crippen LogP contribution in [0.5, 0.6) is 0 Å². The molecule has 0 N–H and O–H groups in total. The third kappa shape index (κ3) is 3.74. The highest BCUT2D eigenvalue weighted by atomic mass is 15.2. The van der Waals surface area contributed by atoms with Crippen LogP contribution < -0.4 is 4.90 Å². The number of para-hydroxylation sites is 2. The predicted molar refractivity (Wildman–Crippen MR) is 185 cm³/mol. The Morgan fingerprint density at radius 2 is 1.14 bits per heavy atom. The van der Waals surface area contributed by atoms with Gasteiger partial charge in [-0.25, -0.2) is 0 Å². The normalized spacial score (nSPS) is 16.9. The zero-order valence-corrected chi connectivity index (χ0v) is 24.2. The summed E-state index contributed by atoms with van der Waals surface area (Å²) in [6.45, 7) is 0. The van der Waals surface area contributed by atoms with Crippen molar-refractivity contribution in [1.29, 1.82) is 0 Å². The van der Waals surface area contributed by atoms with E-state index in [2.05, 4.69) is 179 Å². The Morgan fingerprint density at radius 3 is 1.95 bits per heavy atom. The molecule has 0 saturated carbocycles. The average molecular weight is 563 g/mol. The first-order valence-electron chi connectivity index (χ1n) is 15.4. The summed E-state index contributed by atoms with van der Waals surface area (Å²) < 4.78 is 2.52. The van der Waals surface area contributed by atoms with Gasteiger partial charge in [0.15, 0.2) is 0 Å². The first-order chi connectivity index (χ1) is 21.9. The van der Waals surface area contributed by atoms with E-state index in [1.807, 2.05) is 0 Å². The Balaban J connectivity index is 1.34. The molecule has 7 aromatic rings. The van der Waals surface area contributed by atoms with Gasteiger partial charge in [-0.05, 0) is 46.5 Å². The average Bonchev–Trinajstić information content (AvgIpc) is 3.62. The monoisotopic (exact) mass is 562 g/mol. The Morgan fingerprint density at radius 1 is 0.477 bits per heavy atom. The van der Waals surface area contributed by atoms with Gasteiger partial charge in [-0.15, -0.1) is 0 Å². The molecular formula is C42H30N2. The van der Waals surface area contributed by atoms with Crippen LogP contribution in [0, 0.1) is 0 Å². The lowest BCUT2D eigenvalue weighted by atomic mass is 9.91. The number of anilines is 2. The molecule has 0 spiro atoms. The largest absolute Gasteiger partial charge is 0.332 e. The molecule has 1 aliphatic carbocycles. The summed E-state index contributed by atoms with van der Waals surface area (Å²) in [6, 6.07) is 53.1. The van der Waals surface area contributed by atoms with Crippen LogP contribution in [0.1, 0.15) is 11.5 Å². The summed E-state index contributed by atoms with van der Waals surface area (Å²) in [6.07, 6.45) is 9.15. The van der Waals surface area contributed by atoms with Crippen LogP contribution in [0.4, 0.5) is 11.4 Å². The maximum absolute atomic E-state index is 2.58. The minimum atomic E-state index is 0.207. The summed E-state index contributed by atoms with van der Waals surface area (Å²) in [5.74, 6) is 0.282. The summed E-state index contributed by atoms with van der Waals surface area (Å²) in [7, 11) is 0. The first kappa shape index (κ1) is 24.9. The van der Waals surface area contributed by atoms with Gasteiger partial charge in [0.25, 0.3) is 0 Å². The van der Waals surface area contributed by atoms with Crippen molar-refractivity contribution in [3.05, 3.63) is 175 Å². The molecule has 0 amide bonds. The van der Waals surface area contributed by atoms with Crippen molar-refractivity contribution in [2.75, 3.05) is 4.90 Å². The van der Waals surface area contributed by atoms with Gasteiger partial charge < -0.3 is 9.47 Å². The van der Waals surface area contributed by atoms with E-state index < -0.39 is 0 Å². The molecule has 6 aromatic carbocycles. The molecular weight excluding hydrogens is 532 g/mol. The van der Waals surface area contributed by atoms with Gasteiger partial charge in [0.05, 0.1) is 28.5 Å². The Hall–Kier alpha value is -5.60.